The number of nitrogens with two attached hydrogens (primary N) is 2. The van der Waals surface area contributed by atoms with Crippen LogP contribution in [0.15, 0.2) is 48.5 Å². The normalized spacial score (nSPS) is 9.77. The Morgan fingerprint density at radius 2 is 1.26 bits per heavy atom. The summed E-state index contributed by atoms with van der Waals surface area (Å²) >= 11 is 0. The van der Waals surface area contributed by atoms with Crippen molar-refractivity contribution in [2.24, 2.45) is 11.5 Å². The molecular formula is C26H46Cl4N4O. The van der Waals surface area contributed by atoms with Crippen molar-refractivity contribution in [1.82, 2.24) is 10.6 Å². The fourth-order valence-corrected chi connectivity index (χ4v) is 3.54. The number of ether oxygens (including phenoxy) is 1. The Morgan fingerprint density at radius 1 is 0.629 bits per heavy atom. The molecule has 0 amide bonds. The van der Waals surface area contributed by atoms with Crippen molar-refractivity contribution in [1.29, 1.82) is 0 Å². The predicted molar refractivity (Wildman–Crippen MR) is 160 cm³/mol. The standard InChI is InChI=1S/C26H42N4O.4ClH/c27-15-8-17-29-21-24-13-14-26(25(20-24)22-30-18-9-16-28)31-19-7-2-1-4-10-23-11-5-3-6-12-23;;;;/h3,5-6,11-14,20,29-30H,1-2,4,7-10,15-19,21-22,27-28H2;4*1H. The lowest BCUT2D eigenvalue weighted by molar-refractivity contribution is 0.301. The van der Waals surface area contributed by atoms with Crippen molar-refractivity contribution in [3.8, 4) is 5.75 Å². The summed E-state index contributed by atoms with van der Waals surface area (Å²) in [7, 11) is 0. The lowest BCUT2D eigenvalue weighted by Crippen LogP contribution is -2.20. The van der Waals surface area contributed by atoms with Crippen molar-refractivity contribution >= 4 is 49.6 Å². The van der Waals surface area contributed by atoms with E-state index in [9.17, 15) is 0 Å². The molecule has 0 spiro atoms. The average molecular weight is 572 g/mol. The number of hydrogen-bond acceptors (Lipinski definition) is 5. The SMILES string of the molecule is Cl.Cl.Cl.Cl.NCCCNCc1ccc(OCCCCCCc2ccccc2)c(CNCCCN)c1. The topological polar surface area (TPSA) is 85.3 Å². The molecule has 0 fully saturated rings. The molecule has 0 aliphatic carbocycles. The Balaban J connectivity index is -0.00000256. The van der Waals surface area contributed by atoms with E-state index in [2.05, 4.69) is 59.2 Å². The van der Waals surface area contributed by atoms with Crippen LogP contribution in [0.1, 0.15) is 55.2 Å². The molecule has 0 unspecified atom stereocenters. The minimum atomic E-state index is 0. The zero-order valence-electron chi connectivity index (χ0n) is 20.7. The van der Waals surface area contributed by atoms with E-state index in [1.165, 1.54) is 42.4 Å². The first-order valence-corrected chi connectivity index (χ1v) is 11.9. The minimum absolute atomic E-state index is 0. The van der Waals surface area contributed by atoms with Gasteiger partial charge in [-0.2, -0.15) is 0 Å². The molecule has 0 aliphatic heterocycles. The third-order valence-corrected chi connectivity index (χ3v) is 5.35. The van der Waals surface area contributed by atoms with Crippen LogP contribution in [-0.4, -0.2) is 32.8 Å². The number of nitrogens with one attached hydrogen (secondary N) is 2. The highest BCUT2D eigenvalue weighted by molar-refractivity contribution is 5.86. The molecule has 6 N–H and O–H groups in total. The lowest BCUT2D eigenvalue weighted by Gasteiger charge is -2.14. The lowest BCUT2D eigenvalue weighted by atomic mass is 10.1. The molecule has 2 rings (SSSR count). The van der Waals surface area contributed by atoms with Gasteiger partial charge in [-0.25, -0.2) is 0 Å². The molecule has 0 aromatic heterocycles. The van der Waals surface area contributed by atoms with Gasteiger partial charge in [0.1, 0.15) is 5.75 Å². The minimum Gasteiger partial charge on any atom is -0.493 e. The fourth-order valence-electron chi connectivity index (χ4n) is 3.54. The molecular weight excluding hydrogens is 526 g/mol. The van der Waals surface area contributed by atoms with Gasteiger partial charge < -0.3 is 26.8 Å². The highest BCUT2D eigenvalue weighted by Crippen LogP contribution is 2.21. The number of hydrogen-bond donors (Lipinski definition) is 4. The van der Waals surface area contributed by atoms with Gasteiger partial charge >= 0.3 is 0 Å². The molecule has 9 heteroatoms. The molecule has 0 saturated carbocycles. The molecule has 0 aliphatic rings. The molecule has 0 saturated heterocycles. The number of aryl methyl sites for hydroxylation is 1. The van der Waals surface area contributed by atoms with Crippen molar-refractivity contribution in [2.45, 2.75) is 58.0 Å². The summed E-state index contributed by atoms with van der Waals surface area (Å²) in [6, 6.07) is 17.3. The van der Waals surface area contributed by atoms with Crippen molar-refractivity contribution in [3.05, 3.63) is 65.2 Å². The van der Waals surface area contributed by atoms with Crippen molar-refractivity contribution in [2.75, 3.05) is 32.8 Å². The van der Waals surface area contributed by atoms with Crippen LogP contribution in [-0.2, 0) is 19.5 Å². The Bertz CT molecular complexity index is 711. The first-order chi connectivity index (χ1) is 15.3. The van der Waals surface area contributed by atoms with E-state index in [-0.39, 0.29) is 49.6 Å². The maximum atomic E-state index is 6.16. The predicted octanol–water partition coefficient (Wildman–Crippen LogP) is 5.43. The number of rotatable bonds is 18. The van der Waals surface area contributed by atoms with Crippen LogP contribution in [0.3, 0.4) is 0 Å². The van der Waals surface area contributed by atoms with E-state index in [1.54, 1.807) is 0 Å². The second kappa shape index (κ2) is 26.3. The van der Waals surface area contributed by atoms with E-state index in [4.69, 9.17) is 16.2 Å². The van der Waals surface area contributed by atoms with Gasteiger partial charge in [-0.3, -0.25) is 0 Å². The Labute approximate surface area is 237 Å². The van der Waals surface area contributed by atoms with Crippen LogP contribution < -0.4 is 26.8 Å². The molecule has 0 atom stereocenters. The monoisotopic (exact) mass is 570 g/mol. The van der Waals surface area contributed by atoms with E-state index in [0.29, 0.717) is 6.54 Å². The summed E-state index contributed by atoms with van der Waals surface area (Å²) in [5, 5.41) is 6.94. The molecule has 204 valence electrons. The Hall–Kier alpha value is -0.760. The molecule has 35 heavy (non-hydrogen) atoms. The molecule has 0 heterocycles. The second-order valence-electron chi connectivity index (χ2n) is 8.08. The largest absolute Gasteiger partial charge is 0.493 e. The smallest absolute Gasteiger partial charge is 0.123 e. The number of halogens is 4. The van der Waals surface area contributed by atoms with Gasteiger partial charge in [0.05, 0.1) is 6.61 Å². The van der Waals surface area contributed by atoms with Gasteiger partial charge in [0, 0.05) is 18.7 Å². The molecule has 5 nitrogen and oxygen atoms in total. The summed E-state index contributed by atoms with van der Waals surface area (Å²) in [5.74, 6) is 0.996. The Morgan fingerprint density at radius 3 is 1.91 bits per heavy atom. The molecule has 2 aromatic rings. The van der Waals surface area contributed by atoms with Crippen LogP contribution in [0.25, 0.3) is 0 Å². The van der Waals surface area contributed by atoms with Crippen molar-refractivity contribution < 1.29 is 4.74 Å². The highest BCUT2D eigenvalue weighted by Gasteiger charge is 2.06. The van der Waals surface area contributed by atoms with Gasteiger partial charge in [-0.15, -0.1) is 49.6 Å². The van der Waals surface area contributed by atoms with Gasteiger partial charge in [-0.1, -0.05) is 49.2 Å². The van der Waals surface area contributed by atoms with Crippen LogP contribution in [0.5, 0.6) is 5.75 Å². The van der Waals surface area contributed by atoms with Crippen molar-refractivity contribution in [3.63, 3.8) is 0 Å². The first-order valence-electron chi connectivity index (χ1n) is 11.9. The second-order valence-corrected chi connectivity index (χ2v) is 8.08. The zero-order valence-corrected chi connectivity index (χ0v) is 24.0. The van der Waals surface area contributed by atoms with Gasteiger partial charge in [0.2, 0.25) is 0 Å². The first kappa shape index (κ1) is 38.8. The fraction of sp³-hybridized carbons (Fsp3) is 0.538. The van der Waals surface area contributed by atoms with Crippen LogP contribution in [0.4, 0.5) is 0 Å². The van der Waals surface area contributed by atoms with E-state index >= 15 is 0 Å². The van der Waals surface area contributed by atoms with Crippen LogP contribution in [0, 0.1) is 0 Å². The summed E-state index contributed by atoms with van der Waals surface area (Å²) in [6.45, 7) is 5.75. The summed E-state index contributed by atoms with van der Waals surface area (Å²) in [5.41, 5.74) is 15.1. The quantitative estimate of drug-likeness (QED) is 0.179. The molecule has 0 bridgehead atoms. The van der Waals surface area contributed by atoms with Crippen LogP contribution in [0.2, 0.25) is 0 Å². The number of benzene rings is 2. The summed E-state index contributed by atoms with van der Waals surface area (Å²) in [4.78, 5) is 0. The average Bonchev–Trinajstić information content (AvgIpc) is 2.80. The van der Waals surface area contributed by atoms with Crippen LogP contribution >= 0.6 is 49.6 Å². The van der Waals surface area contributed by atoms with Gasteiger partial charge in [0.25, 0.3) is 0 Å². The molecule has 2 aromatic carbocycles. The summed E-state index contributed by atoms with van der Waals surface area (Å²) < 4.78 is 6.16. The number of unbranched alkanes of at least 4 members (excludes halogenated alkanes) is 3. The van der Waals surface area contributed by atoms with Gasteiger partial charge in [0.15, 0.2) is 0 Å². The maximum absolute atomic E-state index is 6.16. The van der Waals surface area contributed by atoms with E-state index < -0.39 is 0 Å². The zero-order chi connectivity index (χ0) is 22.0. The van der Waals surface area contributed by atoms with E-state index in [0.717, 1.165) is 64.3 Å². The van der Waals surface area contributed by atoms with E-state index in [1.807, 2.05) is 0 Å². The third-order valence-electron chi connectivity index (χ3n) is 5.35. The maximum Gasteiger partial charge on any atom is 0.123 e. The third kappa shape index (κ3) is 18.2. The highest BCUT2D eigenvalue weighted by atomic mass is 35.5. The molecule has 0 radical (unpaired) electrons. The summed E-state index contributed by atoms with van der Waals surface area (Å²) in [6.07, 6.45) is 7.95. The van der Waals surface area contributed by atoms with Gasteiger partial charge in [-0.05, 0) is 81.5 Å². The Kier molecular flexibility index (Phi) is 29.1.